The average Bonchev–Trinajstić information content (AvgIpc) is 2.86. The van der Waals surface area contributed by atoms with E-state index in [0.717, 1.165) is 31.5 Å². The molecule has 3 heteroatoms. The van der Waals surface area contributed by atoms with E-state index in [-0.39, 0.29) is 17.4 Å². The maximum absolute atomic E-state index is 12.3. The molecule has 1 heterocycles. The number of nitrogens with one attached hydrogen (secondary N) is 2. The minimum Gasteiger partial charge on any atom is -0.354 e. The van der Waals surface area contributed by atoms with Crippen LogP contribution in [0.3, 0.4) is 0 Å². The van der Waals surface area contributed by atoms with Crippen LogP contribution in [0.2, 0.25) is 0 Å². The van der Waals surface area contributed by atoms with Crippen LogP contribution in [0.1, 0.15) is 44.6 Å². The van der Waals surface area contributed by atoms with Gasteiger partial charge in [0, 0.05) is 12.1 Å². The molecule has 1 aromatic carbocycles. The highest BCUT2D eigenvalue weighted by Crippen LogP contribution is 2.21. The van der Waals surface area contributed by atoms with Gasteiger partial charge in [0.1, 0.15) is 0 Å². The molecule has 0 aromatic heterocycles. The SMILES string of the molecule is CCC(C(=O)NCC1(C)CCCN1)c1ccccc1. The molecular formula is C16H24N2O. The molecule has 1 fully saturated rings. The molecule has 1 amide bonds. The van der Waals surface area contributed by atoms with Gasteiger partial charge in [0.05, 0.1) is 5.92 Å². The lowest BCUT2D eigenvalue weighted by Crippen LogP contribution is -2.48. The fraction of sp³-hybridized carbons (Fsp3) is 0.562. The molecule has 0 radical (unpaired) electrons. The molecule has 2 unspecified atom stereocenters. The molecule has 0 aliphatic carbocycles. The number of benzene rings is 1. The van der Waals surface area contributed by atoms with Crippen LogP contribution in [0.5, 0.6) is 0 Å². The van der Waals surface area contributed by atoms with Crippen molar-refractivity contribution in [3.05, 3.63) is 35.9 Å². The normalized spacial score (nSPS) is 24.1. The third-order valence-corrected chi connectivity index (χ3v) is 4.04. The average molecular weight is 260 g/mol. The van der Waals surface area contributed by atoms with Gasteiger partial charge < -0.3 is 10.6 Å². The van der Waals surface area contributed by atoms with Crippen LogP contribution < -0.4 is 10.6 Å². The third kappa shape index (κ3) is 3.57. The number of carbonyl (C=O) groups is 1. The van der Waals surface area contributed by atoms with Crippen molar-refractivity contribution in [2.24, 2.45) is 0 Å². The monoisotopic (exact) mass is 260 g/mol. The van der Waals surface area contributed by atoms with Crippen LogP contribution in [0.25, 0.3) is 0 Å². The molecule has 2 N–H and O–H groups in total. The summed E-state index contributed by atoms with van der Waals surface area (Å²) in [6.45, 7) is 6.02. The number of rotatable bonds is 5. The summed E-state index contributed by atoms with van der Waals surface area (Å²) in [5.74, 6) is 0.106. The topological polar surface area (TPSA) is 41.1 Å². The van der Waals surface area contributed by atoms with Crippen molar-refractivity contribution in [3.63, 3.8) is 0 Å². The minimum atomic E-state index is -0.0359. The molecule has 2 rings (SSSR count). The Morgan fingerprint density at radius 1 is 1.42 bits per heavy atom. The Morgan fingerprint density at radius 2 is 2.16 bits per heavy atom. The second-order valence-electron chi connectivity index (χ2n) is 5.68. The smallest absolute Gasteiger partial charge is 0.227 e. The minimum absolute atomic E-state index is 0.0359. The second kappa shape index (κ2) is 6.20. The molecule has 1 aliphatic heterocycles. The standard InChI is InChI=1S/C16H24N2O/c1-3-14(13-8-5-4-6-9-13)15(19)17-12-16(2)10-7-11-18-16/h4-6,8-9,14,18H,3,7,10-12H2,1-2H3,(H,17,19). The van der Waals surface area contributed by atoms with E-state index in [4.69, 9.17) is 0 Å². The van der Waals surface area contributed by atoms with E-state index >= 15 is 0 Å². The lowest BCUT2D eigenvalue weighted by Gasteiger charge is -2.26. The van der Waals surface area contributed by atoms with Gasteiger partial charge in [0.25, 0.3) is 0 Å². The number of hydrogen-bond acceptors (Lipinski definition) is 2. The van der Waals surface area contributed by atoms with Gasteiger partial charge in [-0.3, -0.25) is 4.79 Å². The van der Waals surface area contributed by atoms with Gasteiger partial charge in [-0.25, -0.2) is 0 Å². The van der Waals surface area contributed by atoms with Crippen molar-refractivity contribution in [2.45, 2.75) is 44.6 Å². The zero-order valence-corrected chi connectivity index (χ0v) is 11.9. The van der Waals surface area contributed by atoms with Crippen LogP contribution >= 0.6 is 0 Å². The van der Waals surface area contributed by atoms with Gasteiger partial charge in [-0.15, -0.1) is 0 Å². The van der Waals surface area contributed by atoms with E-state index in [1.54, 1.807) is 0 Å². The highest BCUT2D eigenvalue weighted by atomic mass is 16.1. The molecule has 19 heavy (non-hydrogen) atoms. The first-order valence-corrected chi connectivity index (χ1v) is 7.22. The molecule has 0 bridgehead atoms. The first kappa shape index (κ1) is 14.1. The Balaban J connectivity index is 1.94. The fourth-order valence-electron chi connectivity index (χ4n) is 2.77. The van der Waals surface area contributed by atoms with Crippen molar-refractivity contribution in [2.75, 3.05) is 13.1 Å². The third-order valence-electron chi connectivity index (χ3n) is 4.04. The predicted molar refractivity (Wildman–Crippen MR) is 78.1 cm³/mol. The van der Waals surface area contributed by atoms with Gasteiger partial charge >= 0.3 is 0 Å². The van der Waals surface area contributed by atoms with Crippen molar-refractivity contribution < 1.29 is 4.79 Å². The van der Waals surface area contributed by atoms with Gasteiger partial charge in [0.2, 0.25) is 5.91 Å². The fourth-order valence-corrected chi connectivity index (χ4v) is 2.77. The number of amides is 1. The van der Waals surface area contributed by atoms with Crippen molar-refractivity contribution >= 4 is 5.91 Å². The summed E-state index contributed by atoms with van der Waals surface area (Å²) in [6, 6.07) is 10.0. The van der Waals surface area contributed by atoms with E-state index in [1.165, 1.54) is 6.42 Å². The van der Waals surface area contributed by atoms with Gasteiger partial charge in [-0.2, -0.15) is 0 Å². The summed E-state index contributed by atoms with van der Waals surface area (Å²) in [5.41, 5.74) is 1.18. The van der Waals surface area contributed by atoms with Crippen LogP contribution in [0.4, 0.5) is 0 Å². The van der Waals surface area contributed by atoms with Crippen LogP contribution in [-0.2, 0) is 4.79 Å². The molecular weight excluding hydrogens is 236 g/mol. The second-order valence-corrected chi connectivity index (χ2v) is 5.68. The van der Waals surface area contributed by atoms with Crippen molar-refractivity contribution in [1.29, 1.82) is 0 Å². The molecule has 1 aromatic rings. The summed E-state index contributed by atoms with van der Waals surface area (Å²) >= 11 is 0. The molecule has 3 nitrogen and oxygen atoms in total. The predicted octanol–water partition coefficient (Wildman–Crippen LogP) is 2.44. The number of carbonyl (C=O) groups excluding carboxylic acids is 1. The van der Waals surface area contributed by atoms with Crippen molar-refractivity contribution in [3.8, 4) is 0 Å². The first-order valence-electron chi connectivity index (χ1n) is 7.22. The zero-order valence-electron chi connectivity index (χ0n) is 11.9. The molecule has 0 spiro atoms. The summed E-state index contributed by atoms with van der Waals surface area (Å²) < 4.78 is 0. The Bertz CT molecular complexity index is 410. The largest absolute Gasteiger partial charge is 0.354 e. The quantitative estimate of drug-likeness (QED) is 0.854. The summed E-state index contributed by atoms with van der Waals surface area (Å²) in [7, 11) is 0. The Morgan fingerprint density at radius 3 is 2.74 bits per heavy atom. The van der Waals surface area contributed by atoms with Crippen LogP contribution in [-0.4, -0.2) is 24.5 Å². The Labute approximate surface area is 115 Å². The van der Waals surface area contributed by atoms with Crippen molar-refractivity contribution in [1.82, 2.24) is 10.6 Å². The molecule has 1 saturated heterocycles. The van der Waals surface area contributed by atoms with Gasteiger partial charge in [0.15, 0.2) is 0 Å². The lowest BCUT2D eigenvalue weighted by molar-refractivity contribution is -0.122. The van der Waals surface area contributed by atoms with E-state index in [2.05, 4.69) is 24.5 Å². The van der Waals surface area contributed by atoms with Crippen LogP contribution in [0, 0.1) is 0 Å². The molecule has 104 valence electrons. The van der Waals surface area contributed by atoms with E-state index in [9.17, 15) is 4.79 Å². The maximum Gasteiger partial charge on any atom is 0.227 e. The maximum atomic E-state index is 12.3. The zero-order chi connectivity index (χ0) is 13.7. The Hall–Kier alpha value is -1.35. The van der Waals surface area contributed by atoms with Gasteiger partial charge in [-0.1, -0.05) is 37.3 Å². The number of hydrogen-bond donors (Lipinski definition) is 2. The van der Waals surface area contributed by atoms with Crippen LogP contribution in [0.15, 0.2) is 30.3 Å². The van der Waals surface area contributed by atoms with Gasteiger partial charge in [-0.05, 0) is 38.3 Å². The molecule has 1 aliphatic rings. The Kier molecular flexibility index (Phi) is 4.59. The lowest BCUT2D eigenvalue weighted by atomic mass is 9.94. The highest BCUT2D eigenvalue weighted by molar-refractivity contribution is 5.83. The summed E-state index contributed by atoms with van der Waals surface area (Å²) in [5, 5.41) is 6.58. The van der Waals surface area contributed by atoms with E-state index in [1.807, 2.05) is 30.3 Å². The molecule has 2 atom stereocenters. The molecule has 0 saturated carbocycles. The summed E-state index contributed by atoms with van der Waals surface area (Å²) in [4.78, 5) is 12.3. The van der Waals surface area contributed by atoms with E-state index < -0.39 is 0 Å². The summed E-state index contributed by atoms with van der Waals surface area (Å²) in [6.07, 6.45) is 3.16. The van der Waals surface area contributed by atoms with E-state index in [0.29, 0.717) is 0 Å². The highest BCUT2D eigenvalue weighted by Gasteiger charge is 2.29. The first-order chi connectivity index (χ1) is 9.14.